The SMILES string of the molecule is CN(C)c1ccc(C2CCN2)cn1. The molecule has 1 unspecified atom stereocenters. The Hall–Kier alpha value is -1.09. The van der Waals surface area contributed by atoms with Gasteiger partial charge in [0, 0.05) is 26.3 Å². The molecule has 13 heavy (non-hydrogen) atoms. The number of nitrogens with zero attached hydrogens (tertiary/aromatic N) is 2. The standard InChI is InChI=1S/C10H15N3/c1-13(2)10-4-3-8(7-12-10)9-5-6-11-9/h3-4,7,9,11H,5-6H2,1-2H3. The van der Waals surface area contributed by atoms with E-state index in [0.717, 1.165) is 12.4 Å². The number of rotatable bonds is 2. The van der Waals surface area contributed by atoms with Crippen LogP contribution in [0.25, 0.3) is 0 Å². The van der Waals surface area contributed by atoms with Crippen molar-refractivity contribution in [2.24, 2.45) is 0 Å². The fourth-order valence-corrected chi connectivity index (χ4v) is 1.44. The van der Waals surface area contributed by atoms with Crippen LogP contribution < -0.4 is 10.2 Å². The summed E-state index contributed by atoms with van der Waals surface area (Å²) in [5, 5.41) is 3.36. The molecule has 1 aliphatic rings. The average Bonchev–Trinajstić information content (AvgIpc) is 2.02. The minimum atomic E-state index is 0.545. The number of pyridine rings is 1. The van der Waals surface area contributed by atoms with Gasteiger partial charge in [-0.25, -0.2) is 4.98 Å². The van der Waals surface area contributed by atoms with Gasteiger partial charge >= 0.3 is 0 Å². The summed E-state index contributed by atoms with van der Waals surface area (Å²) in [6.07, 6.45) is 3.20. The number of nitrogens with one attached hydrogen (secondary N) is 1. The lowest BCUT2D eigenvalue weighted by atomic mass is 10.00. The zero-order valence-corrected chi connectivity index (χ0v) is 8.12. The number of hydrogen-bond donors (Lipinski definition) is 1. The zero-order valence-electron chi connectivity index (χ0n) is 8.12. The molecule has 2 heterocycles. The molecule has 1 saturated heterocycles. The molecular weight excluding hydrogens is 162 g/mol. The normalized spacial score (nSPS) is 20.9. The van der Waals surface area contributed by atoms with Gasteiger partial charge < -0.3 is 10.2 Å². The summed E-state index contributed by atoms with van der Waals surface area (Å²) in [6, 6.07) is 4.76. The maximum Gasteiger partial charge on any atom is 0.127 e. The molecule has 70 valence electrons. The lowest BCUT2D eigenvalue weighted by Crippen LogP contribution is -2.34. The van der Waals surface area contributed by atoms with Crippen molar-refractivity contribution in [3.8, 4) is 0 Å². The monoisotopic (exact) mass is 177 g/mol. The Labute approximate surface area is 78.8 Å². The Kier molecular flexibility index (Phi) is 2.19. The van der Waals surface area contributed by atoms with Crippen molar-refractivity contribution in [2.45, 2.75) is 12.5 Å². The summed E-state index contributed by atoms with van der Waals surface area (Å²) in [4.78, 5) is 6.38. The highest BCUT2D eigenvalue weighted by atomic mass is 15.1. The second-order valence-corrected chi connectivity index (χ2v) is 3.64. The first-order chi connectivity index (χ1) is 6.27. The van der Waals surface area contributed by atoms with Crippen molar-refractivity contribution in [3.05, 3.63) is 23.9 Å². The van der Waals surface area contributed by atoms with Crippen LogP contribution in [0.4, 0.5) is 5.82 Å². The molecule has 0 amide bonds. The molecule has 3 nitrogen and oxygen atoms in total. The zero-order chi connectivity index (χ0) is 9.26. The Morgan fingerprint density at radius 1 is 1.46 bits per heavy atom. The fraction of sp³-hybridized carbons (Fsp3) is 0.500. The van der Waals surface area contributed by atoms with Gasteiger partial charge in [-0.2, -0.15) is 0 Å². The van der Waals surface area contributed by atoms with Crippen molar-refractivity contribution in [1.29, 1.82) is 0 Å². The summed E-state index contributed by atoms with van der Waals surface area (Å²) in [7, 11) is 4.01. The van der Waals surface area contributed by atoms with Gasteiger partial charge in [0.05, 0.1) is 0 Å². The van der Waals surface area contributed by atoms with Gasteiger partial charge in [0.1, 0.15) is 5.82 Å². The predicted molar refractivity (Wildman–Crippen MR) is 53.9 cm³/mol. The third kappa shape index (κ3) is 1.65. The summed E-state index contributed by atoms with van der Waals surface area (Å²) in [5.74, 6) is 1.02. The summed E-state index contributed by atoms with van der Waals surface area (Å²) >= 11 is 0. The van der Waals surface area contributed by atoms with Gasteiger partial charge in [-0.15, -0.1) is 0 Å². The average molecular weight is 177 g/mol. The lowest BCUT2D eigenvalue weighted by molar-refractivity contribution is 0.382. The van der Waals surface area contributed by atoms with Crippen LogP contribution in [0.15, 0.2) is 18.3 Å². The van der Waals surface area contributed by atoms with E-state index in [1.54, 1.807) is 0 Å². The van der Waals surface area contributed by atoms with Crippen molar-refractivity contribution in [3.63, 3.8) is 0 Å². The largest absolute Gasteiger partial charge is 0.363 e. The Bertz CT molecular complexity index is 275. The van der Waals surface area contributed by atoms with Gasteiger partial charge in [0.15, 0.2) is 0 Å². The van der Waals surface area contributed by atoms with Crippen LogP contribution in [-0.2, 0) is 0 Å². The smallest absolute Gasteiger partial charge is 0.127 e. The van der Waals surface area contributed by atoms with E-state index in [0.29, 0.717) is 6.04 Å². The third-order valence-corrected chi connectivity index (χ3v) is 2.46. The van der Waals surface area contributed by atoms with E-state index in [1.165, 1.54) is 12.0 Å². The van der Waals surface area contributed by atoms with Gasteiger partial charge in [-0.05, 0) is 24.6 Å². The van der Waals surface area contributed by atoms with Crippen LogP contribution >= 0.6 is 0 Å². The molecule has 0 aliphatic carbocycles. The van der Waals surface area contributed by atoms with E-state index in [-0.39, 0.29) is 0 Å². The molecule has 3 heteroatoms. The first kappa shape index (κ1) is 8.51. The predicted octanol–water partition coefficient (Wildman–Crippen LogP) is 1.18. The molecule has 0 saturated carbocycles. The molecular formula is C10H15N3. The van der Waals surface area contributed by atoms with Crippen LogP contribution in [-0.4, -0.2) is 25.6 Å². The first-order valence-electron chi connectivity index (χ1n) is 4.64. The van der Waals surface area contributed by atoms with Crippen molar-refractivity contribution >= 4 is 5.82 Å². The van der Waals surface area contributed by atoms with Gasteiger partial charge in [0.25, 0.3) is 0 Å². The van der Waals surface area contributed by atoms with Crippen LogP contribution in [0.2, 0.25) is 0 Å². The molecule has 1 atom stereocenters. The minimum Gasteiger partial charge on any atom is -0.363 e. The summed E-state index contributed by atoms with van der Waals surface area (Å²) in [5.41, 5.74) is 1.30. The molecule has 1 fully saturated rings. The van der Waals surface area contributed by atoms with Crippen molar-refractivity contribution < 1.29 is 0 Å². The molecule has 1 aromatic heterocycles. The Morgan fingerprint density at radius 3 is 2.62 bits per heavy atom. The summed E-state index contributed by atoms with van der Waals surface area (Å²) in [6.45, 7) is 1.14. The number of anilines is 1. The van der Waals surface area contributed by atoms with E-state index < -0.39 is 0 Å². The Balaban J connectivity index is 2.13. The highest BCUT2D eigenvalue weighted by molar-refractivity contribution is 5.38. The number of aromatic nitrogens is 1. The quantitative estimate of drug-likeness (QED) is 0.735. The molecule has 0 aromatic carbocycles. The lowest BCUT2D eigenvalue weighted by Gasteiger charge is -2.27. The van der Waals surface area contributed by atoms with Gasteiger partial charge in [0.2, 0.25) is 0 Å². The fourth-order valence-electron chi connectivity index (χ4n) is 1.44. The van der Waals surface area contributed by atoms with Gasteiger partial charge in [-0.3, -0.25) is 0 Å². The summed E-state index contributed by atoms with van der Waals surface area (Å²) < 4.78 is 0. The Morgan fingerprint density at radius 2 is 2.23 bits per heavy atom. The minimum absolute atomic E-state index is 0.545. The van der Waals surface area contributed by atoms with Crippen molar-refractivity contribution in [2.75, 3.05) is 25.5 Å². The van der Waals surface area contributed by atoms with Crippen molar-refractivity contribution in [1.82, 2.24) is 10.3 Å². The van der Waals surface area contributed by atoms with Gasteiger partial charge in [-0.1, -0.05) is 6.07 Å². The highest BCUT2D eigenvalue weighted by Gasteiger charge is 2.18. The molecule has 0 spiro atoms. The molecule has 0 radical (unpaired) electrons. The van der Waals surface area contributed by atoms with E-state index in [2.05, 4.69) is 22.4 Å². The topological polar surface area (TPSA) is 28.2 Å². The maximum atomic E-state index is 4.37. The number of hydrogen-bond acceptors (Lipinski definition) is 3. The molecule has 0 bridgehead atoms. The van der Waals surface area contributed by atoms with Crippen LogP contribution in [0, 0.1) is 0 Å². The second kappa shape index (κ2) is 3.34. The van der Waals surface area contributed by atoms with Crippen LogP contribution in [0.3, 0.4) is 0 Å². The molecule has 1 N–H and O–H groups in total. The highest BCUT2D eigenvalue weighted by Crippen LogP contribution is 2.22. The van der Waals surface area contributed by atoms with E-state index in [4.69, 9.17) is 0 Å². The third-order valence-electron chi connectivity index (χ3n) is 2.46. The second-order valence-electron chi connectivity index (χ2n) is 3.64. The molecule has 2 rings (SSSR count). The molecule has 1 aromatic rings. The maximum absolute atomic E-state index is 4.37. The van der Waals surface area contributed by atoms with E-state index in [1.807, 2.05) is 25.2 Å². The van der Waals surface area contributed by atoms with Crippen LogP contribution in [0.5, 0.6) is 0 Å². The first-order valence-corrected chi connectivity index (χ1v) is 4.64. The van der Waals surface area contributed by atoms with Crippen LogP contribution in [0.1, 0.15) is 18.0 Å². The van der Waals surface area contributed by atoms with E-state index >= 15 is 0 Å². The molecule has 1 aliphatic heterocycles. The van der Waals surface area contributed by atoms with E-state index in [9.17, 15) is 0 Å².